The summed E-state index contributed by atoms with van der Waals surface area (Å²) in [6, 6.07) is 8.78. The zero-order valence-corrected chi connectivity index (χ0v) is 17.7. The van der Waals surface area contributed by atoms with Crippen molar-refractivity contribution in [2.24, 2.45) is 5.41 Å². The van der Waals surface area contributed by atoms with Gasteiger partial charge in [-0.2, -0.15) is 5.26 Å². The van der Waals surface area contributed by atoms with E-state index in [0.29, 0.717) is 14.9 Å². The predicted octanol–water partition coefficient (Wildman–Crippen LogP) is 3.41. The molecule has 2 aromatic rings. The Balaban J connectivity index is 1.69. The number of ether oxygens (including phenoxy) is 2. The molecule has 1 atom stereocenters. The molecule has 1 fully saturated rings. The average Bonchev–Trinajstić information content (AvgIpc) is 2.67. The first-order chi connectivity index (χ1) is 13.8. The number of nitriles is 1. The molecular formula is C19H17Cl2FN2O4S. The summed E-state index contributed by atoms with van der Waals surface area (Å²) in [6.45, 7) is 0.412. The van der Waals surface area contributed by atoms with Gasteiger partial charge in [-0.05, 0) is 18.2 Å². The Hall–Kier alpha value is -1.89. The molecule has 0 aromatic heterocycles. The number of hydrogen-bond acceptors (Lipinski definition) is 5. The van der Waals surface area contributed by atoms with E-state index in [4.69, 9.17) is 37.9 Å². The lowest BCUT2D eigenvalue weighted by Crippen LogP contribution is -2.61. The number of nitrogens with zero attached hydrogens (tertiary/aromatic N) is 2. The smallest absolute Gasteiger partial charge is 0.164 e. The van der Waals surface area contributed by atoms with E-state index in [-0.39, 0.29) is 43.4 Å². The van der Waals surface area contributed by atoms with Gasteiger partial charge in [-0.3, -0.25) is 0 Å². The third-order valence-electron chi connectivity index (χ3n) is 4.58. The molecule has 0 spiro atoms. The van der Waals surface area contributed by atoms with Crippen LogP contribution < -0.4 is 9.47 Å². The Morgan fingerprint density at radius 2 is 2.03 bits per heavy atom. The summed E-state index contributed by atoms with van der Waals surface area (Å²) in [7, 11) is -0.134. The molecule has 1 aliphatic rings. The van der Waals surface area contributed by atoms with Crippen molar-refractivity contribution in [3.8, 4) is 17.6 Å². The first kappa shape index (κ1) is 21.8. The SMILES string of the molecule is COc1cc(C#N)c(F)cc1OCC1(CO)CN(S(=O)c2ccc(Cl)cc2Cl)C1. The maximum Gasteiger partial charge on any atom is 0.164 e. The molecule has 6 nitrogen and oxygen atoms in total. The number of aliphatic hydroxyl groups excluding tert-OH is 1. The number of hydrogen-bond donors (Lipinski definition) is 1. The van der Waals surface area contributed by atoms with Gasteiger partial charge in [-0.1, -0.05) is 23.2 Å². The van der Waals surface area contributed by atoms with Crippen LogP contribution in [0.3, 0.4) is 0 Å². The van der Waals surface area contributed by atoms with E-state index in [9.17, 15) is 13.7 Å². The fourth-order valence-electron chi connectivity index (χ4n) is 2.94. The zero-order valence-electron chi connectivity index (χ0n) is 15.3. The van der Waals surface area contributed by atoms with Crippen LogP contribution in [0.15, 0.2) is 35.2 Å². The molecule has 0 amide bonds. The molecule has 29 heavy (non-hydrogen) atoms. The van der Waals surface area contributed by atoms with Crippen LogP contribution in [0.1, 0.15) is 5.56 Å². The number of halogens is 3. The van der Waals surface area contributed by atoms with Crippen molar-refractivity contribution in [1.29, 1.82) is 5.26 Å². The summed E-state index contributed by atoms with van der Waals surface area (Å²) in [5, 5.41) is 19.5. The number of rotatable bonds is 7. The minimum Gasteiger partial charge on any atom is -0.493 e. The second kappa shape index (κ2) is 8.86. The zero-order chi connectivity index (χ0) is 21.2. The highest BCUT2D eigenvalue weighted by atomic mass is 35.5. The van der Waals surface area contributed by atoms with Crippen molar-refractivity contribution in [3.05, 3.63) is 51.8 Å². The molecule has 154 valence electrons. The van der Waals surface area contributed by atoms with Crippen molar-refractivity contribution in [2.45, 2.75) is 4.90 Å². The summed E-state index contributed by atoms with van der Waals surface area (Å²) in [5.74, 6) is -0.393. The second-order valence-electron chi connectivity index (χ2n) is 6.66. The van der Waals surface area contributed by atoms with Crippen molar-refractivity contribution >= 4 is 34.2 Å². The third kappa shape index (κ3) is 4.49. The first-order valence-electron chi connectivity index (χ1n) is 8.45. The minimum absolute atomic E-state index is 0.0489. The normalized spacial score (nSPS) is 16.6. The van der Waals surface area contributed by atoms with Gasteiger partial charge in [0.05, 0.1) is 41.2 Å². The monoisotopic (exact) mass is 458 g/mol. The van der Waals surface area contributed by atoms with Crippen LogP contribution in [0, 0.1) is 22.6 Å². The number of aliphatic hydroxyl groups is 1. The highest BCUT2D eigenvalue weighted by Crippen LogP contribution is 2.37. The summed E-state index contributed by atoms with van der Waals surface area (Å²) >= 11 is 12.0. The maximum absolute atomic E-state index is 13.9. The standard InChI is InChI=1S/C19H17Cl2FN2O4S/c1-27-16-4-12(7-23)15(22)6-17(16)28-11-19(10-25)8-24(9-19)29(26)18-3-2-13(20)5-14(18)21/h2-6,25H,8-11H2,1H3. The number of methoxy groups -OCH3 is 1. The average molecular weight is 459 g/mol. The van der Waals surface area contributed by atoms with Crippen LogP contribution in [0.2, 0.25) is 10.0 Å². The molecule has 0 saturated carbocycles. The fourth-order valence-corrected chi connectivity index (χ4v) is 5.01. The van der Waals surface area contributed by atoms with Crippen molar-refractivity contribution < 1.29 is 23.2 Å². The highest BCUT2D eigenvalue weighted by Gasteiger charge is 2.46. The largest absolute Gasteiger partial charge is 0.493 e. The molecule has 0 aliphatic carbocycles. The summed E-state index contributed by atoms with van der Waals surface area (Å²) in [6.07, 6.45) is 0. The van der Waals surface area contributed by atoms with Crippen LogP contribution in [-0.2, 0) is 11.0 Å². The van der Waals surface area contributed by atoms with Gasteiger partial charge < -0.3 is 14.6 Å². The van der Waals surface area contributed by atoms with Crippen LogP contribution >= 0.6 is 23.2 Å². The lowest BCUT2D eigenvalue weighted by atomic mass is 9.83. The molecule has 1 heterocycles. The van der Waals surface area contributed by atoms with Gasteiger partial charge >= 0.3 is 0 Å². The lowest BCUT2D eigenvalue weighted by Gasteiger charge is -2.47. The van der Waals surface area contributed by atoms with E-state index >= 15 is 0 Å². The van der Waals surface area contributed by atoms with Crippen molar-refractivity contribution in [2.75, 3.05) is 33.4 Å². The van der Waals surface area contributed by atoms with Crippen LogP contribution in [0.4, 0.5) is 4.39 Å². The molecule has 0 radical (unpaired) electrons. The van der Waals surface area contributed by atoms with Gasteiger partial charge in [0.2, 0.25) is 0 Å². The van der Waals surface area contributed by atoms with E-state index in [1.807, 2.05) is 0 Å². The Morgan fingerprint density at radius 1 is 1.31 bits per heavy atom. The van der Waals surface area contributed by atoms with Crippen LogP contribution in [0.25, 0.3) is 0 Å². The molecular weight excluding hydrogens is 442 g/mol. The third-order valence-corrected chi connectivity index (χ3v) is 6.70. The van der Waals surface area contributed by atoms with E-state index in [1.165, 1.54) is 19.2 Å². The van der Waals surface area contributed by atoms with E-state index in [1.54, 1.807) is 22.5 Å². The molecule has 0 bridgehead atoms. The maximum atomic E-state index is 13.9. The second-order valence-corrected chi connectivity index (χ2v) is 8.96. The molecule has 1 unspecified atom stereocenters. The van der Waals surface area contributed by atoms with Crippen molar-refractivity contribution in [3.63, 3.8) is 0 Å². The van der Waals surface area contributed by atoms with Crippen LogP contribution in [-0.4, -0.2) is 47.0 Å². The van der Waals surface area contributed by atoms with Crippen LogP contribution in [0.5, 0.6) is 11.5 Å². The van der Waals surface area contributed by atoms with Gasteiger partial charge in [0.15, 0.2) is 11.5 Å². The predicted molar refractivity (Wildman–Crippen MR) is 107 cm³/mol. The Labute approximate surface area is 179 Å². The molecule has 1 N–H and O–H groups in total. The Kier molecular flexibility index (Phi) is 6.66. The lowest BCUT2D eigenvalue weighted by molar-refractivity contribution is -0.0255. The summed E-state index contributed by atoms with van der Waals surface area (Å²) in [4.78, 5) is 0.430. The van der Waals surface area contributed by atoms with E-state index in [2.05, 4.69) is 0 Å². The molecule has 3 rings (SSSR count). The van der Waals surface area contributed by atoms with Gasteiger partial charge in [0.1, 0.15) is 22.9 Å². The molecule has 1 aliphatic heterocycles. The Bertz CT molecular complexity index is 993. The van der Waals surface area contributed by atoms with Gasteiger partial charge in [0.25, 0.3) is 0 Å². The molecule has 1 saturated heterocycles. The molecule has 10 heteroatoms. The van der Waals surface area contributed by atoms with Gasteiger partial charge in [-0.15, -0.1) is 0 Å². The van der Waals surface area contributed by atoms with Gasteiger partial charge in [0, 0.05) is 30.2 Å². The number of benzene rings is 2. The minimum atomic E-state index is -1.52. The van der Waals surface area contributed by atoms with E-state index < -0.39 is 22.2 Å². The first-order valence-corrected chi connectivity index (χ1v) is 10.3. The van der Waals surface area contributed by atoms with Gasteiger partial charge in [-0.25, -0.2) is 12.9 Å². The quantitative estimate of drug-likeness (QED) is 0.687. The van der Waals surface area contributed by atoms with E-state index in [0.717, 1.165) is 6.07 Å². The topological polar surface area (TPSA) is 82.8 Å². The van der Waals surface area contributed by atoms with Crippen molar-refractivity contribution in [1.82, 2.24) is 4.31 Å². The summed E-state index contributed by atoms with van der Waals surface area (Å²) < 4.78 is 39.1. The molecule has 2 aromatic carbocycles. The fraction of sp³-hybridized carbons (Fsp3) is 0.316. The summed E-state index contributed by atoms with van der Waals surface area (Å²) in [5.41, 5.74) is -0.833. The highest BCUT2D eigenvalue weighted by molar-refractivity contribution is 7.82. The Morgan fingerprint density at radius 3 is 2.62 bits per heavy atom.